The van der Waals surface area contributed by atoms with Gasteiger partial charge >= 0.3 is 0 Å². The van der Waals surface area contributed by atoms with E-state index in [0.717, 1.165) is 0 Å². The lowest BCUT2D eigenvalue weighted by Gasteiger charge is -1.81. The number of carbonyl (C=O) groups is 1. The van der Waals surface area contributed by atoms with Crippen LogP contribution < -0.4 is 0 Å². The number of hydrogen-bond acceptors (Lipinski definition) is 3. The van der Waals surface area contributed by atoms with Crippen molar-refractivity contribution in [2.24, 2.45) is 0 Å². The summed E-state index contributed by atoms with van der Waals surface area (Å²) in [5.41, 5.74) is -0.00463. The molecule has 0 aromatic heterocycles. The molecule has 0 aromatic carbocycles. The zero-order valence-electron chi connectivity index (χ0n) is 3.86. The average Bonchev–Trinajstić information content (AvgIpc) is 2.44. The van der Waals surface area contributed by atoms with E-state index in [1.165, 1.54) is 0 Å². The van der Waals surface area contributed by atoms with E-state index >= 15 is 0 Å². The highest BCUT2D eigenvalue weighted by atomic mass is 32.2. The molecule has 1 rings (SSSR count). The van der Waals surface area contributed by atoms with Crippen LogP contribution in [0.4, 0.5) is 0 Å². The molecule has 4 nitrogen and oxygen atoms in total. The van der Waals surface area contributed by atoms with Crippen LogP contribution in [0.1, 0.15) is 0 Å². The van der Waals surface area contributed by atoms with Gasteiger partial charge in [0, 0.05) is 0 Å². The van der Waals surface area contributed by atoms with Crippen molar-refractivity contribution in [2.75, 3.05) is 6.61 Å². The Kier molecular flexibility index (Phi) is 1.11. The van der Waals surface area contributed by atoms with Crippen LogP contribution in [-0.2, 0) is 19.3 Å². The van der Waals surface area contributed by atoms with Crippen molar-refractivity contribution < 1.29 is 18.3 Å². The van der Waals surface area contributed by atoms with Gasteiger partial charge in [0.15, 0.2) is 14.9 Å². The quantitative estimate of drug-likeness (QED) is 0.288. The van der Waals surface area contributed by atoms with Crippen molar-refractivity contribution in [1.29, 1.82) is 0 Å². The summed E-state index contributed by atoms with van der Waals surface area (Å²) in [6.07, 6.45) is 0. The van der Waals surface area contributed by atoms with Crippen LogP contribution in [-0.4, -0.2) is 26.0 Å². The lowest BCUT2D eigenvalue weighted by Crippen LogP contribution is -2.02. The van der Waals surface area contributed by atoms with Crippen LogP contribution in [0.25, 0.3) is 0 Å². The third kappa shape index (κ3) is 0.885. The van der Waals surface area contributed by atoms with E-state index < -0.39 is 9.80 Å². The van der Waals surface area contributed by atoms with Gasteiger partial charge in [0.2, 0.25) is 5.62 Å². The SMILES string of the molecule is O=CS(=O)(O)=C1CO1. The first kappa shape index (κ1) is 5.74. The van der Waals surface area contributed by atoms with Gasteiger partial charge in [-0.15, -0.1) is 0 Å². The maximum Gasteiger partial charge on any atom is 0.225 e. The molecule has 1 aliphatic rings. The summed E-state index contributed by atoms with van der Waals surface area (Å²) in [6, 6.07) is 0. The lowest BCUT2D eigenvalue weighted by molar-refractivity contribution is 0.534. The Labute approximate surface area is 46.3 Å². The molecule has 0 aliphatic carbocycles. The van der Waals surface area contributed by atoms with E-state index in [1.807, 2.05) is 0 Å². The maximum atomic E-state index is 10.3. The molecule has 1 atom stereocenters. The summed E-state index contributed by atoms with van der Waals surface area (Å²) in [6.45, 7) is 0.147. The minimum absolute atomic E-state index is 0.00463. The number of epoxide rings is 1. The van der Waals surface area contributed by atoms with Gasteiger partial charge in [0.1, 0.15) is 6.61 Å². The second-order valence-electron chi connectivity index (χ2n) is 1.33. The summed E-state index contributed by atoms with van der Waals surface area (Å²) >= 11 is 0. The van der Waals surface area contributed by atoms with Gasteiger partial charge in [-0.2, -0.15) is 0 Å². The Morgan fingerprint density at radius 1 is 1.88 bits per heavy atom. The molecule has 1 saturated heterocycles. The molecule has 1 heterocycles. The van der Waals surface area contributed by atoms with Crippen molar-refractivity contribution in [3.63, 3.8) is 0 Å². The minimum atomic E-state index is -3.36. The van der Waals surface area contributed by atoms with Crippen LogP contribution in [0.15, 0.2) is 0 Å². The smallest absolute Gasteiger partial charge is 0.225 e. The van der Waals surface area contributed by atoms with Crippen molar-refractivity contribution >= 4 is 20.5 Å². The topological polar surface area (TPSA) is 66.9 Å². The molecule has 0 radical (unpaired) electrons. The molecule has 5 heteroatoms. The van der Waals surface area contributed by atoms with Crippen LogP contribution in [0.5, 0.6) is 0 Å². The maximum absolute atomic E-state index is 10.3. The molecule has 0 aromatic rings. The first-order valence-corrected chi connectivity index (χ1v) is 3.45. The van der Waals surface area contributed by atoms with Gasteiger partial charge in [0.05, 0.1) is 0 Å². The fourth-order valence-corrected chi connectivity index (χ4v) is 0.756. The standard InChI is InChI=1S/C3H4O4S/c4-2-8(5,6)3-1-7-3/h2H,1H2,(H,5,6). The van der Waals surface area contributed by atoms with Gasteiger partial charge in [-0.05, 0) is 0 Å². The normalized spacial score (nSPS) is 24.4. The molecule has 1 aliphatic heterocycles. The predicted octanol–water partition coefficient (Wildman–Crippen LogP) is -0.906. The Morgan fingerprint density at radius 3 is 2.50 bits per heavy atom. The summed E-state index contributed by atoms with van der Waals surface area (Å²) in [4.78, 5) is 9.68. The number of ether oxygens (including phenoxy) is 1. The van der Waals surface area contributed by atoms with Crippen molar-refractivity contribution in [1.82, 2.24) is 0 Å². The number of carbonyl (C=O) groups excluding carboxylic acids is 1. The second-order valence-corrected chi connectivity index (χ2v) is 3.11. The summed E-state index contributed by atoms with van der Waals surface area (Å²) in [5.74, 6) is 0. The Bertz CT molecular complexity index is 215. The third-order valence-electron chi connectivity index (χ3n) is 0.719. The summed E-state index contributed by atoms with van der Waals surface area (Å²) < 4.78 is 23.1. The Balaban J connectivity index is 3.13. The van der Waals surface area contributed by atoms with Crippen molar-refractivity contribution in [2.45, 2.75) is 0 Å². The molecule has 0 amide bonds. The molecule has 1 N–H and O–H groups in total. The van der Waals surface area contributed by atoms with Crippen molar-refractivity contribution in [3.8, 4) is 0 Å². The van der Waals surface area contributed by atoms with E-state index in [0.29, 0.717) is 0 Å². The second kappa shape index (κ2) is 1.54. The number of hydrogen-bond donors (Lipinski definition) is 1. The van der Waals surface area contributed by atoms with Gasteiger partial charge in [0.25, 0.3) is 0 Å². The molecule has 1 unspecified atom stereocenters. The van der Waals surface area contributed by atoms with Gasteiger partial charge in [-0.1, -0.05) is 0 Å². The van der Waals surface area contributed by atoms with Gasteiger partial charge in [-0.25, -0.2) is 4.21 Å². The molecule has 0 bridgehead atoms. The van der Waals surface area contributed by atoms with Gasteiger partial charge in [-0.3, -0.25) is 4.79 Å². The first-order valence-electron chi connectivity index (χ1n) is 1.87. The third-order valence-corrected chi connectivity index (χ3v) is 1.87. The highest BCUT2D eigenvalue weighted by Gasteiger charge is 2.23. The van der Waals surface area contributed by atoms with Crippen LogP contribution in [0.2, 0.25) is 0 Å². The van der Waals surface area contributed by atoms with E-state index in [-0.39, 0.29) is 17.3 Å². The highest BCUT2D eigenvalue weighted by molar-refractivity contribution is 8.09. The van der Waals surface area contributed by atoms with Crippen molar-refractivity contribution in [3.05, 3.63) is 0 Å². The predicted molar refractivity (Wildman–Crippen MR) is 28.5 cm³/mol. The summed E-state index contributed by atoms with van der Waals surface area (Å²) in [7, 11) is -3.36. The zero-order valence-corrected chi connectivity index (χ0v) is 4.68. The fraction of sp³-hybridized carbons (Fsp3) is 0.333. The van der Waals surface area contributed by atoms with Crippen LogP contribution in [0, 0.1) is 0 Å². The van der Waals surface area contributed by atoms with Crippen LogP contribution >= 0.6 is 0 Å². The molecule has 8 heavy (non-hydrogen) atoms. The average molecular weight is 136 g/mol. The minimum Gasteiger partial charge on any atom is -0.330 e. The zero-order chi connectivity index (χ0) is 6.20. The van der Waals surface area contributed by atoms with E-state index in [1.54, 1.807) is 0 Å². The lowest BCUT2D eigenvalue weighted by atomic mass is 11.0. The van der Waals surface area contributed by atoms with E-state index in [9.17, 15) is 9.00 Å². The highest BCUT2D eigenvalue weighted by Crippen LogP contribution is 2.02. The molecule has 0 saturated carbocycles. The molecule has 0 spiro atoms. The molecular weight excluding hydrogens is 132 g/mol. The molecular formula is C3H4O4S. The fourth-order valence-electron chi connectivity index (χ4n) is 0.252. The largest absolute Gasteiger partial charge is 0.330 e. The molecule has 1 fully saturated rings. The monoisotopic (exact) mass is 136 g/mol. The molecule has 46 valence electrons. The first-order chi connectivity index (χ1) is 3.67. The van der Waals surface area contributed by atoms with Gasteiger partial charge < -0.3 is 9.29 Å². The van der Waals surface area contributed by atoms with Crippen LogP contribution in [0.3, 0.4) is 0 Å². The Morgan fingerprint density at radius 2 is 2.38 bits per heavy atom. The van der Waals surface area contributed by atoms with E-state index in [4.69, 9.17) is 4.55 Å². The van der Waals surface area contributed by atoms with E-state index in [2.05, 4.69) is 4.74 Å². The number of rotatable bonds is 1. The summed E-state index contributed by atoms with van der Waals surface area (Å²) in [5, 5.41) is -0.00694. The Hall–Kier alpha value is -0.390.